The van der Waals surface area contributed by atoms with Crippen molar-refractivity contribution in [1.29, 1.82) is 0 Å². The highest BCUT2D eigenvalue weighted by molar-refractivity contribution is 7.13. The SMILES string of the molecule is Cc1cc(-c2cccs2)c2c(n1)C1CCN2CC1. The molecule has 2 nitrogen and oxygen atoms in total. The predicted octanol–water partition coefficient (Wildman–Crippen LogP) is 3.82. The van der Waals surface area contributed by atoms with Gasteiger partial charge in [0.15, 0.2) is 0 Å². The average molecular weight is 256 g/mol. The van der Waals surface area contributed by atoms with Gasteiger partial charge in [0.25, 0.3) is 0 Å². The fourth-order valence-electron chi connectivity index (χ4n) is 3.30. The van der Waals surface area contributed by atoms with Gasteiger partial charge in [-0.2, -0.15) is 0 Å². The van der Waals surface area contributed by atoms with E-state index in [1.165, 1.54) is 47.8 Å². The van der Waals surface area contributed by atoms with Gasteiger partial charge >= 0.3 is 0 Å². The largest absolute Gasteiger partial charge is 0.369 e. The minimum absolute atomic E-state index is 0.698. The standard InChI is InChI=1S/C15H16N2S/c1-10-9-12(13-3-2-8-18-13)15-14(16-10)11-4-6-17(15)7-5-11/h2-3,8-9,11H,4-7H2,1H3. The van der Waals surface area contributed by atoms with Crippen LogP contribution < -0.4 is 4.90 Å². The summed E-state index contributed by atoms with van der Waals surface area (Å²) in [4.78, 5) is 8.75. The van der Waals surface area contributed by atoms with E-state index in [4.69, 9.17) is 4.98 Å². The molecule has 5 heterocycles. The molecule has 2 bridgehead atoms. The van der Waals surface area contributed by atoms with Crippen molar-refractivity contribution in [2.45, 2.75) is 25.7 Å². The first kappa shape index (κ1) is 10.6. The van der Waals surface area contributed by atoms with Gasteiger partial charge in [-0.3, -0.25) is 4.98 Å². The third kappa shape index (κ3) is 1.43. The summed E-state index contributed by atoms with van der Waals surface area (Å²) in [5, 5.41) is 2.16. The maximum absolute atomic E-state index is 4.83. The minimum atomic E-state index is 0.698. The fraction of sp³-hybridized carbons (Fsp3) is 0.400. The number of thiophene rings is 1. The van der Waals surface area contributed by atoms with Crippen LogP contribution in [0.4, 0.5) is 5.69 Å². The second-order valence-electron chi connectivity index (χ2n) is 5.28. The zero-order valence-electron chi connectivity index (χ0n) is 10.5. The van der Waals surface area contributed by atoms with E-state index in [2.05, 4.69) is 35.4 Å². The first-order valence-corrected chi connectivity index (χ1v) is 7.51. The number of piperidine rings is 1. The zero-order valence-corrected chi connectivity index (χ0v) is 11.3. The maximum atomic E-state index is 4.83. The lowest BCUT2D eigenvalue weighted by Crippen LogP contribution is -2.39. The quantitative estimate of drug-likeness (QED) is 0.771. The number of anilines is 1. The number of nitrogens with zero attached hydrogens (tertiary/aromatic N) is 2. The highest BCUT2D eigenvalue weighted by atomic mass is 32.1. The van der Waals surface area contributed by atoms with Crippen LogP contribution in [-0.2, 0) is 0 Å². The average Bonchev–Trinajstić information content (AvgIpc) is 2.92. The molecule has 5 rings (SSSR count). The molecule has 0 atom stereocenters. The molecule has 3 heteroatoms. The Morgan fingerprint density at radius 3 is 2.89 bits per heavy atom. The summed E-state index contributed by atoms with van der Waals surface area (Å²) in [6.07, 6.45) is 2.57. The molecule has 0 amide bonds. The molecule has 0 spiro atoms. The van der Waals surface area contributed by atoms with Crippen molar-refractivity contribution in [3.8, 4) is 10.4 Å². The Morgan fingerprint density at radius 2 is 2.17 bits per heavy atom. The van der Waals surface area contributed by atoms with E-state index < -0.39 is 0 Å². The van der Waals surface area contributed by atoms with Crippen LogP contribution in [0.3, 0.4) is 0 Å². The summed E-state index contributed by atoms with van der Waals surface area (Å²) in [6.45, 7) is 4.54. The lowest BCUT2D eigenvalue weighted by atomic mass is 9.84. The number of hydrogen-bond donors (Lipinski definition) is 0. The molecule has 3 aliphatic rings. The number of fused-ring (bicyclic) bond motifs is 2. The van der Waals surface area contributed by atoms with Gasteiger partial charge in [-0.25, -0.2) is 0 Å². The highest BCUT2D eigenvalue weighted by Crippen LogP contribution is 2.46. The van der Waals surface area contributed by atoms with E-state index in [0.29, 0.717) is 5.92 Å². The summed E-state index contributed by atoms with van der Waals surface area (Å²) in [6, 6.07) is 6.62. The van der Waals surface area contributed by atoms with Crippen LogP contribution in [0.15, 0.2) is 23.6 Å². The molecule has 0 unspecified atom stereocenters. The predicted molar refractivity (Wildman–Crippen MR) is 76.5 cm³/mol. The summed E-state index contributed by atoms with van der Waals surface area (Å²) < 4.78 is 0. The summed E-state index contributed by atoms with van der Waals surface area (Å²) in [7, 11) is 0. The lowest BCUT2D eigenvalue weighted by molar-refractivity contribution is 0.463. The molecular weight excluding hydrogens is 240 g/mol. The van der Waals surface area contributed by atoms with E-state index in [1.807, 2.05) is 11.3 Å². The molecule has 0 N–H and O–H groups in total. The number of aryl methyl sites for hydroxylation is 1. The van der Waals surface area contributed by atoms with E-state index >= 15 is 0 Å². The first-order valence-electron chi connectivity index (χ1n) is 6.63. The summed E-state index contributed by atoms with van der Waals surface area (Å²) >= 11 is 1.83. The Balaban J connectivity index is 1.99. The van der Waals surface area contributed by atoms with Crippen molar-refractivity contribution in [1.82, 2.24) is 4.98 Å². The van der Waals surface area contributed by atoms with Crippen molar-refractivity contribution in [2.75, 3.05) is 18.0 Å². The molecule has 0 aliphatic carbocycles. The third-order valence-corrected chi connectivity index (χ3v) is 5.04. The minimum Gasteiger partial charge on any atom is -0.369 e. The molecule has 0 radical (unpaired) electrons. The van der Waals surface area contributed by atoms with Crippen LogP contribution in [0.5, 0.6) is 0 Å². The third-order valence-electron chi connectivity index (χ3n) is 4.13. The lowest BCUT2D eigenvalue weighted by Gasteiger charge is -2.42. The van der Waals surface area contributed by atoms with Crippen LogP contribution in [0.1, 0.15) is 30.1 Å². The Kier molecular flexibility index (Phi) is 2.24. The molecule has 3 aliphatic heterocycles. The Labute approximate surface area is 111 Å². The van der Waals surface area contributed by atoms with Gasteiger partial charge in [0.05, 0.1) is 11.4 Å². The molecule has 1 fully saturated rings. The van der Waals surface area contributed by atoms with Gasteiger partial charge in [-0.05, 0) is 37.3 Å². The second-order valence-corrected chi connectivity index (χ2v) is 6.23. The van der Waals surface area contributed by atoms with E-state index in [0.717, 1.165) is 5.69 Å². The van der Waals surface area contributed by atoms with Crippen LogP contribution in [0, 0.1) is 6.92 Å². The summed E-state index contributed by atoms with van der Waals surface area (Å²) in [5.41, 5.74) is 5.34. The fourth-order valence-corrected chi connectivity index (χ4v) is 4.05. The van der Waals surface area contributed by atoms with Crippen LogP contribution >= 0.6 is 11.3 Å². The monoisotopic (exact) mass is 256 g/mol. The number of hydrogen-bond acceptors (Lipinski definition) is 3. The molecule has 2 aromatic rings. The van der Waals surface area contributed by atoms with Crippen LogP contribution in [0.2, 0.25) is 0 Å². The van der Waals surface area contributed by atoms with Crippen LogP contribution in [0.25, 0.3) is 10.4 Å². The maximum Gasteiger partial charge on any atom is 0.0678 e. The normalized spacial score (nSPS) is 18.2. The molecule has 2 aromatic heterocycles. The van der Waals surface area contributed by atoms with Crippen molar-refractivity contribution >= 4 is 17.0 Å². The van der Waals surface area contributed by atoms with Crippen molar-refractivity contribution in [3.63, 3.8) is 0 Å². The molecule has 0 saturated carbocycles. The van der Waals surface area contributed by atoms with Crippen LogP contribution in [-0.4, -0.2) is 18.1 Å². The highest BCUT2D eigenvalue weighted by Gasteiger charge is 2.34. The second kappa shape index (κ2) is 3.82. The molecular formula is C15H16N2S. The summed E-state index contributed by atoms with van der Waals surface area (Å²) in [5.74, 6) is 0.698. The van der Waals surface area contributed by atoms with Gasteiger partial charge in [0, 0.05) is 35.1 Å². The van der Waals surface area contributed by atoms with Gasteiger partial charge in [-0.15, -0.1) is 11.3 Å². The first-order chi connectivity index (χ1) is 8.83. The number of aromatic nitrogens is 1. The van der Waals surface area contributed by atoms with E-state index in [-0.39, 0.29) is 0 Å². The van der Waals surface area contributed by atoms with Crippen molar-refractivity contribution in [2.24, 2.45) is 0 Å². The Morgan fingerprint density at radius 1 is 1.33 bits per heavy atom. The van der Waals surface area contributed by atoms with E-state index in [9.17, 15) is 0 Å². The molecule has 18 heavy (non-hydrogen) atoms. The molecule has 0 aromatic carbocycles. The Hall–Kier alpha value is -1.35. The van der Waals surface area contributed by atoms with Gasteiger partial charge in [0.1, 0.15) is 0 Å². The number of pyridine rings is 1. The topological polar surface area (TPSA) is 16.1 Å². The van der Waals surface area contributed by atoms with Gasteiger partial charge in [-0.1, -0.05) is 6.07 Å². The van der Waals surface area contributed by atoms with Gasteiger partial charge < -0.3 is 4.90 Å². The molecule has 1 saturated heterocycles. The molecule has 92 valence electrons. The number of rotatable bonds is 1. The Bertz CT molecular complexity index is 581. The van der Waals surface area contributed by atoms with Crippen molar-refractivity contribution < 1.29 is 0 Å². The van der Waals surface area contributed by atoms with E-state index in [1.54, 1.807) is 0 Å². The van der Waals surface area contributed by atoms with Gasteiger partial charge in [0.2, 0.25) is 0 Å². The van der Waals surface area contributed by atoms with Crippen molar-refractivity contribution in [3.05, 3.63) is 35.0 Å². The zero-order chi connectivity index (χ0) is 12.1. The smallest absolute Gasteiger partial charge is 0.0678 e.